The van der Waals surface area contributed by atoms with Crippen molar-refractivity contribution in [2.75, 3.05) is 0 Å². The van der Waals surface area contributed by atoms with Gasteiger partial charge in [0.05, 0.1) is 88.8 Å². The third-order valence-electron chi connectivity index (χ3n) is 13.5. The molecule has 0 atom stereocenters. The van der Waals surface area contributed by atoms with Crippen LogP contribution in [0.3, 0.4) is 0 Å². The summed E-state index contributed by atoms with van der Waals surface area (Å²) in [5, 5.41) is 23.8. The van der Waals surface area contributed by atoms with Gasteiger partial charge < -0.3 is 9.13 Å². The molecule has 0 aliphatic rings. The van der Waals surface area contributed by atoms with E-state index in [0.717, 1.165) is 111 Å². The number of benzene rings is 9. The number of aromatic nitrogens is 3. The van der Waals surface area contributed by atoms with E-state index in [0.29, 0.717) is 28.2 Å². The molecule has 12 rings (SSSR count). The largest absolute Gasteiger partial charge is 0.307 e. The number of fused-ring (bicyclic) bond motifs is 6. The van der Waals surface area contributed by atoms with Crippen molar-refractivity contribution in [1.29, 1.82) is 10.5 Å². The van der Waals surface area contributed by atoms with Crippen molar-refractivity contribution < 1.29 is 0 Å². The topological polar surface area (TPSA) is 83.4 Å². The lowest BCUT2D eigenvalue weighted by atomic mass is 10.0. The molecule has 8 nitrogen and oxygen atoms in total. The zero-order chi connectivity index (χ0) is 48.9. The van der Waals surface area contributed by atoms with Crippen molar-refractivity contribution in [3.8, 4) is 79.1 Å². The van der Waals surface area contributed by atoms with Gasteiger partial charge in [0.1, 0.15) is 0 Å². The lowest BCUT2D eigenvalue weighted by molar-refractivity contribution is 1.09. The van der Waals surface area contributed by atoms with Crippen molar-refractivity contribution in [2.45, 2.75) is 0 Å². The summed E-state index contributed by atoms with van der Waals surface area (Å²) >= 11 is 0. The second-order valence-corrected chi connectivity index (χ2v) is 17.5. The van der Waals surface area contributed by atoms with Crippen LogP contribution in [0.4, 0.5) is 17.1 Å². The van der Waals surface area contributed by atoms with Crippen LogP contribution in [0.5, 0.6) is 0 Å². The number of nitrogens with zero attached hydrogens (tertiary/aromatic N) is 8. The van der Waals surface area contributed by atoms with Crippen molar-refractivity contribution in [3.05, 3.63) is 252 Å². The molecule has 0 radical (unpaired) electrons. The molecule has 0 aliphatic heterocycles. The highest BCUT2D eigenvalue weighted by atomic mass is 15.0. The molecule has 0 spiro atoms. The molecule has 9 aromatic carbocycles. The van der Waals surface area contributed by atoms with E-state index < -0.39 is 0 Å². The van der Waals surface area contributed by atoms with Crippen LogP contribution in [-0.4, -0.2) is 14.1 Å². The maximum atomic E-state index is 9.90. The molecule has 0 saturated carbocycles. The average Bonchev–Trinajstić information content (AvgIpc) is 3.95. The summed E-state index contributed by atoms with van der Waals surface area (Å²) in [6, 6.07) is 68.5. The molecule has 330 valence electrons. The van der Waals surface area contributed by atoms with Gasteiger partial charge in [0.25, 0.3) is 0 Å². The van der Waals surface area contributed by atoms with Crippen molar-refractivity contribution in [2.24, 2.45) is 0 Å². The van der Waals surface area contributed by atoms with Gasteiger partial charge in [0.15, 0.2) is 17.1 Å². The Kier molecular flexibility index (Phi) is 10.3. The molecule has 72 heavy (non-hydrogen) atoms. The normalized spacial score (nSPS) is 11.0. The molecule has 3 heterocycles. The first kappa shape index (κ1) is 42.5. The lowest BCUT2D eigenvalue weighted by Gasteiger charge is -2.20. The van der Waals surface area contributed by atoms with Gasteiger partial charge in [-0.2, -0.15) is 10.5 Å². The Morgan fingerprint density at radius 3 is 1.00 bits per heavy atom. The smallest absolute Gasteiger partial charge is 0.187 e. The Bertz CT molecular complexity index is 3990. The predicted octanol–water partition coefficient (Wildman–Crippen LogP) is 17.0. The first-order chi connectivity index (χ1) is 35.4. The van der Waals surface area contributed by atoms with Crippen LogP contribution in [-0.2, 0) is 0 Å². The summed E-state index contributed by atoms with van der Waals surface area (Å²) < 4.78 is 4.52. The lowest BCUT2D eigenvalue weighted by Crippen LogP contribution is -2.05. The average molecular weight is 915 g/mol. The monoisotopic (exact) mass is 914 g/mol. The van der Waals surface area contributed by atoms with E-state index in [1.165, 1.54) is 0 Å². The Morgan fingerprint density at radius 2 is 0.653 bits per heavy atom. The summed E-state index contributed by atoms with van der Waals surface area (Å²) in [5.41, 5.74) is 16.8. The van der Waals surface area contributed by atoms with E-state index in [1.807, 2.05) is 122 Å². The van der Waals surface area contributed by atoms with Gasteiger partial charge in [-0.15, -0.1) is 0 Å². The summed E-state index contributed by atoms with van der Waals surface area (Å²) in [5.74, 6) is 0. The van der Waals surface area contributed by atoms with Crippen LogP contribution in [0.15, 0.2) is 207 Å². The zero-order valence-electron chi connectivity index (χ0n) is 38.2. The van der Waals surface area contributed by atoms with E-state index >= 15 is 0 Å². The third kappa shape index (κ3) is 7.17. The third-order valence-corrected chi connectivity index (χ3v) is 13.5. The van der Waals surface area contributed by atoms with Crippen molar-refractivity contribution >= 4 is 60.7 Å². The van der Waals surface area contributed by atoms with E-state index in [9.17, 15) is 10.5 Å². The minimum Gasteiger partial charge on any atom is -0.307 e. The van der Waals surface area contributed by atoms with Crippen LogP contribution >= 0.6 is 0 Å². The molecular weight excluding hydrogens is 881 g/mol. The standard InChI is InChI=1S/C64H34N8/c1-67-51-16-6-13-44(29-51)48-21-25-56-54-23-19-46(42-11-4-9-40(27-42)36-65)32-58(54)71(60(56)34-48)62-38-70-39-63(64(62)50-15-8-18-53(31-50)69-3)72-59-33-47(43-12-5-10-41(28-43)37-66)20-24-55(59)57-26-22-49(35-61(57)72)45-14-7-17-52(30-45)68-2/h4-35,38-39H. The van der Waals surface area contributed by atoms with E-state index in [1.54, 1.807) is 12.1 Å². The molecule has 0 aliphatic carbocycles. The fourth-order valence-electron chi connectivity index (χ4n) is 10.1. The Morgan fingerprint density at radius 1 is 0.347 bits per heavy atom. The SMILES string of the molecule is [C-]#[N+]c1cccc(-c2ccc3c4ccc(-c5cccc(C#N)c5)cc4n(-c4cncc(-n5c6cc(-c7cccc(C#N)c7)ccc6c6ccc(-c7cccc([N+]#[C-])c7)cc65)c4-c4cccc([N+]#[C-])c4)c3c2)c1. The Labute approximate surface area is 414 Å². The summed E-state index contributed by atoms with van der Waals surface area (Å²) in [4.78, 5) is 16.5. The molecule has 0 unspecified atom stereocenters. The molecule has 0 fully saturated rings. The first-order valence-corrected chi connectivity index (χ1v) is 23.0. The molecular formula is C64H34N8. The van der Waals surface area contributed by atoms with Gasteiger partial charge in [-0.05, 0) is 117 Å². The minimum absolute atomic E-state index is 0.480. The van der Waals surface area contributed by atoms with Gasteiger partial charge in [-0.1, -0.05) is 127 Å². The van der Waals surface area contributed by atoms with Gasteiger partial charge in [-0.3, -0.25) is 4.98 Å². The highest BCUT2D eigenvalue weighted by molar-refractivity contribution is 6.14. The number of pyridine rings is 1. The number of hydrogen-bond donors (Lipinski definition) is 0. The molecule has 0 bridgehead atoms. The zero-order valence-corrected chi connectivity index (χ0v) is 38.2. The number of rotatable bonds is 7. The van der Waals surface area contributed by atoms with E-state index in [4.69, 9.17) is 24.7 Å². The summed E-state index contributed by atoms with van der Waals surface area (Å²) in [6.45, 7) is 23.7. The maximum Gasteiger partial charge on any atom is 0.187 e. The first-order valence-electron chi connectivity index (χ1n) is 23.0. The molecule has 0 amide bonds. The number of hydrogen-bond acceptors (Lipinski definition) is 3. The van der Waals surface area contributed by atoms with E-state index in [2.05, 4.69) is 109 Å². The van der Waals surface area contributed by atoms with E-state index in [-0.39, 0.29) is 0 Å². The van der Waals surface area contributed by atoms with Crippen molar-refractivity contribution in [1.82, 2.24) is 14.1 Å². The van der Waals surface area contributed by atoms with Crippen LogP contribution < -0.4 is 0 Å². The fourth-order valence-corrected chi connectivity index (χ4v) is 10.1. The second kappa shape index (κ2) is 17.4. The van der Waals surface area contributed by atoms with Crippen LogP contribution in [0.1, 0.15) is 11.1 Å². The molecule has 0 N–H and O–H groups in total. The highest BCUT2D eigenvalue weighted by Gasteiger charge is 2.24. The molecule has 0 saturated heterocycles. The van der Waals surface area contributed by atoms with Crippen LogP contribution in [0.2, 0.25) is 0 Å². The summed E-state index contributed by atoms with van der Waals surface area (Å²) in [7, 11) is 0. The van der Waals surface area contributed by atoms with Gasteiger partial charge in [0.2, 0.25) is 0 Å². The molecule has 12 aromatic rings. The fraction of sp³-hybridized carbons (Fsp3) is 0. The quantitative estimate of drug-likeness (QED) is 0.149. The van der Waals surface area contributed by atoms with Gasteiger partial charge >= 0.3 is 0 Å². The predicted molar refractivity (Wildman–Crippen MR) is 288 cm³/mol. The number of nitriles is 2. The maximum absolute atomic E-state index is 9.90. The molecule has 8 heteroatoms. The Balaban J connectivity index is 1.22. The Hall–Kier alpha value is -10.8. The highest BCUT2D eigenvalue weighted by Crippen LogP contribution is 2.45. The van der Waals surface area contributed by atoms with Gasteiger partial charge in [-0.25, -0.2) is 14.5 Å². The van der Waals surface area contributed by atoms with Crippen LogP contribution in [0.25, 0.3) is 125 Å². The second-order valence-electron chi connectivity index (χ2n) is 17.5. The van der Waals surface area contributed by atoms with Crippen molar-refractivity contribution in [3.63, 3.8) is 0 Å². The summed E-state index contributed by atoms with van der Waals surface area (Å²) in [6.07, 6.45) is 3.79. The molecule has 3 aromatic heterocycles. The van der Waals surface area contributed by atoms with Crippen LogP contribution in [0, 0.1) is 42.4 Å². The van der Waals surface area contributed by atoms with Gasteiger partial charge in [0, 0.05) is 27.1 Å². The minimum atomic E-state index is 0.480.